The predicted octanol–water partition coefficient (Wildman–Crippen LogP) is 2.68. The number of rotatable bonds is 2. The van der Waals surface area contributed by atoms with E-state index in [0.29, 0.717) is 6.42 Å². The van der Waals surface area contributed by atoms with Crippen LogP contribution in [-0.2, 0) is 6.42 Å². The van der Waals surface area contributed by atoms with Crippen LogP contribution in [0, 0.1) is 18.3 Å². The Kier molecular flexibility index (Phi) is 2.97. The fourth-order valence-electron chi connectivity index (χ4n) is 1.93. The lowest BCUT2D eigenvalue weighted by atomic mass is 10.1. The molecule has 0 fully saturated rings. The Morgan fingerprint density at radius 2 is 2.06 bits per heavy atom. The molecule has 0 radical (unpaired) electrons. The molecule has 3 heteroatoms. The first-order valence-electron chi connectivity index (χ1n) is 5.56. The van der Waals surface area contributed by atoms with E-state index in [9.17, 15) is 0 Å². The lowest BCUT2D eigenvalue weighted by molar-refractivity contribution is 1.05. The second-order valence-electron chi connectivity index (χ2n) is 4.40. The molecule has 0 saturated carbocycles. The Bertz CT molecular complexity index is 594. The minimum atomic E-state index is 0.393. The highest BCUT2D eigenvalue weighted by Gasteiger charge is 2.08. The molecule has 0 aliphatic rings. The van der Waals surface area contributed by atoms with Crippen molar-refractivity contribution in [1.82, 2.24) is 4.98 Å². The quantitative estimate of drug-likeness (QED) is 0.788. The number of aryl methyl sites for hydroxylation is 1. The van der Waals surface area contributed by atoms with Crippen molar-refractivity contribution >= 4 is 16.7 Å². The molecule has 3 nitrogen and oxygen atoms in total. The fourth-order valence-corrected chi connectivity index (χ4v) is 1.93. The fraction of sp³-hybridized carbons (Fsp3) is 0.286. The van der Waals surface area contributed by atoms with Crippen LogP contribution in [0.2, 0.25) is 0 Å². The zero-order valence-corrected chi connectivity index (χ0v) is 10.4. The van der Waals surface area contributed by atoms with Crippen molar-refractivity contribution in [3.63, 3.8) is 0 Å². The molecule has 0 aliphatic heterocycles. The van der Waals surface area contributed by atoms with Crippen molar-refractivity contribution in [2.45, 2.75) is 13.3 Å². The van der Waals surface area contributed by atoms with Crippen molar-refractivity contribution < 1.29 is 0 Å². The monoisotopic (exact) mass is 225 g/mol. The summed E-state index contributed by atoms with van der Waals surface area (Å²) in [6, 6.07) is 10.4. The molecule has 0 spiro atoms. The van der Waals surface area contributed by atoms with E-state index in [1.807, 2.05) is 25.1 Å². The van der Waals surface area contributed by atoms with Gasteiger partial charge in [-0.15, -0.1) is 0 Å². The van der Waals surface area contributed by atoms with Gasteiger partial charge < -0.3 is 4.90 Å². The van der Waals surface area contributed by atoms with E-state index in [2.05, 4.69) is 36.2 Å². The normalized spacial score (nSPS) is 10.2. The van der Waals surface area contributed by atoms with Crippen molar-refractivity contribution in [2.75, 3.05) is 19.0 Å². The second kappa shape index (κ2) is 4.42. The van der Waals surface area contributed by atoms with E-state index in [-0.39, 0.29) is 0 Å². The number of fused-ring (bicyclic) bond motifs is 1. The van der Waals surface area contributed by atoms with Gasteiger partial charge >= 0.3 is 0 Å². The van der Waals surface area contributed by atoms with E-state index < -0.39 is 0 Å². The van der Waals surface area contributed by atoms with Crippen molar-refractivity contribution in [2.24, 2.45) is 0 Å². The Hall–Kier alpha value is -2.08. The molecular formula is C14H15N3. The molecule has 17 heavy (non-hydrogen) atoms. The summed E-state index contributed by atoms with van der Waals surface area (Å²) in [6.07, 6.45) is 0.393. The first-order chi connectivity index (χ1) is 8.11. The van der Waals surface area contributed by atoms with Crippen LogP contribution in [-0.4, -0.2) is 19.1 Å². The molecule has 1 aromatic carbocycles. The molecule has 0 amide bonds. The average molecular weight is 225 g/mol. The van der Waals surface area contributed by atoms with Gasteiger partial charge in [-0.2, -0.15) is 5.26 Å². The van der Waals surface area contributed by atoms with E-state index in [1.165, 1.54) is 5.56 Å². The second-order valence-corrected chi connectivity index (χ2v) is 4.40. The SMILES string of the molecule is Cc1ccc2nc(N(C)C)c(CC#N)cc2c1. The average Bonchev–Trinajstić information content (AvgIpc) is 2.28. The molecule has 86 valence electrons. The van der Waals surface area contributed by atoms with Gasteiger partial charge in [-0.3, -0.25) is 0 Å². The zero-order valence-electron chi connectivity index (χ0n) is 10.4. The van der Waals surface area contributed by atoms with Crippen LogP contribution in [0.5, 0.6) is 0 Å². The van der Waals surface area contributed by atoms with E-state index in [0.717, 1.165) is 22.3 Å². The third-order valence-electron chi connectivity index (χ3n) is 2.72. The highest BCUT2D eigenvalue weighted by molar-refractivity contribution is 5.82. The van der Waals surface area contributed by atoms with Crippen LogP contribution in [0.25, 0.3) is 10.9 Å². The Morgan fingerprint density at radius 3 is 2.71 bits per heavy atom. The summed E-state index contributed by atoms with van der Waals surface area (Å²) in [7, 11) is 3.90. The van der Waals surface area contributed by atoms with Gasteiger partial charge in [0.15, 0.2) is 0 Å². The van der Waals surface area contributed by atoms with Crippen molar-refractivity contribution in [1.29, 1.82) is 5.26 Å². The minimum absolute atomic E-state index is 0.393. The summed E-state index contributed by atoms with van der Waals surface area (Å²) in [4.78, 5) is 6.56. The summed E-state index contributed by atoms with van der Waals surface area (Å²) in [6.45, 7) is 2.06. The molecule has 0 N–H and O–H groups in total. The van der Waals surface area contributed by atoms with E-state index in [4.69, 9.17) is 5.26 Å². The van der Waals surface area contributed by atoms with Crippen LogP contribution < -0.4 is 4.90 Å². The molecule has 1 aromatic heterocycles. The Balaban J connectivity index is 2.68. The summed E-state index contributed by atoms with van der Waals surface area (Å²) in [5, 5.41) is 9.95. The summed E-state index contributed by atoms with van der Waals surface area (Å²) < 4.78 is 0. The smallest absolute Gasteiger partial charge is 0.133 e. The molecule has 0 unspecified atom stereocenters. The molecular weight excluding hydrogens is 210 g/mol. The Morgan fingerprint density at radius 1 is 1.29 bits per heavy atom. The van der Waals surface area contributed by atoms with Crippen molar-refractivity contribution in [3.05, 3.63) is 35.4 Å². The number of anilines is 1. The van der Waals surface area contributed by atoms with Gasteiger partial charge in [0.2, 0.25) is 0 Å². The van der Waals surface area contributed by atoms with Gasteiger partial charge in [-0.05, 0) is 25.1 Å². The number of aromatic nitrogens is 1. The molecule has 1 heterocycles. The maximum absolute atomic E-state index is 8.86. The standard InChI is InChI=1S/C14H15N3/c1-10-4-5-13-12(8-10)9-11(6-7-15)14(16-13)17(2)3/h4-5,8-9H,6H2,1-3H3. The first-order valence-corrected chi connectivity index (χ1v) is 5.56. The summed E-state index contributed by atoms with van der Waals surface area (Å²) >= 11 is 0. The maximum Gasteiger partial charge on any atom is 0.133 e. The first kappa shape index (κ1) is 11.4. The third kappa shape index (κ3) is 2.21. The van der Waals surface area contributed by atoms with Gasteiger partial charge in [0.1, 0.15) is 5.82 Å². The maximum atomic E-state index is 8.86. The number of pyridine rings is 1. The third-order valence-corrected chi connectivity index (χ3v) is 2.72. The molecule has 2 rings (SSSR count). The highest BCUT2D eigenvalue weighted by Crippen LogP contribution is 2.23. The van der Waals surface area contributed by atoms with Crippen LogP contribution >= 0.6 is 0 Å². The zero-order chi connectivity index (χ0) is 12.4. The lowest BCUT2D eigenvalue weighted by Crippen LogP contribution is -2.13. The van der Waals surface area contributed by atoms with Crippen LogP contribution in [0.15, 0.2) is 24.3 Å². The van der Waals surface area contributed by atoms with Crippen LogP contribution in [0.4, 0.5) is 5.82 Å². The molecule has 0 atom stereocenters. The number of benzene rings is 1. The van der Waals surface area contributed by atoms with Crippen LogP contribution in [0.3, 0.4) is 0 Å². The number of hydrogen-bond acceptors (Lipinski definition) is 3. The minimum Gasteiger partial charge on any atom is -0.362 e. The van der Waals surface area contributed by atoms with Gasteiger partial charge in [0, 0.05) is 25.0 Å². The van der Waals surface area contributed by atoms with E-state index in [1.54, 1.807) is 0 Å². The van der Waals surface area contributed by atoms with Gasteiger partial charge in [-0.1, -0.05) is 11.6 Å². The Labute approximate surface area is 101 Å². The van der Waals surface area contributed by atoms with Gasteiger partial charge in [0.25, 0.3) is 0 Å². The van der Waals surface area contributed by atoms with Crippen LogP contribution in [0.1, 0.15) is 11.1 Å². The molecule has 0 aliphatic carbocycles. The topological polar surface area (TPSA) is 39.9 Å². The van der Waals surface area contributed by atoms with Gasteiger partial charge in [-0.25, -0.2) is 4.98 Å². The molecule has 2 aromatic rings. The number of nitriles is 1. The van der Waals surface area contributed by atoms with E-state index >= 15 is 0 Å². The predicted molar refractivity (Wildman–Crippen MR) is 70.1 cm³/mol. The number of nitrogens with zero attached hydrogens (tertiary/aromatic N) is 3. The number of hydrogen-bond donors (Lipinski definition) is 0. The summed E-state index contributed by atoms with van der Waals surface area (Å²) in [5.74, 6) is 0.878. The molecule has 0 saturated heterocycles. The largest absolute Gasteiger partial charge is 0.362 e. The summed E-state index contributed by atoms with van der Waals surface area (Å²) in [5.41, 5.74) is 3.16. The molecule has 0 bridgehead atoms. The highest BCUT2D eigenvalue weighted by atomic mass is 15.1. The van der Waals surface area contributed by atoms with Gasteiger partial charge in [0.05, 0.1) is 18.0 Å². The van der Waals surface area contributed by atoms with Crippen molar-refractivity contribution in [3.8, 4) is 6.07 Å². The lowest BCUT2D eigenvalue weighted by Gasteiger charge is -2.16.